The molecule has 0 spiro atoms. The minimum Gasteiger partial charge on any atom is -0.497 e. The lowest BCUT2D eigenvalue weighted by Gasteiger charge is -2.26. The Morgan fingerprint density at radius 1 is 1.00 bits per heavy atom. The average Bonchev–Trinajstić information content (AvgIpc) is 2.70. The lowest BCUT2D eigenvalue weighted by Crippen LogP contribution is -2.43. The summed E-state index contributed by atoms with van der Waals surface area (Å²) in [6.45, 7) is 2.10. The van der Waals surface area contributed by atoms with Gasteiger partial charge in [0.05, 0.1) is 27.4 Å². The molecule has 26 heavy (non-hydrogen) atoms. The Morgan fingerprint density at radius 3 is 2.19 bits per heavy atom. The minimum atomic E-state index is -0.518. The molecule has 9 heteroatoms. The highest BCUT2D eigenvalue weighted by atomic mass is 16.5. The molecule has 9 nitrogen and oxygen atoms in total. The van der Waals surface area contributed by atoms with Gasteiger partial charge in [0.25, 0.3) is 5.91 Å². The summed E-state index contributed by atoms with van der Waals surface area (Å²) in [6.07, 6.45) is 0.0621. The molecule has 1 aromatic rings. The van der Waals surface area contributed by atoms with Crippen molar-refractivity contribution in [2.75, 3.05) is 40.5 Å². The van der Waals surface area contributed by atoms with Crippen LogP contribution in [-0.4, -0.2) is 63.1 Å². The number of benzene rings is 1. The summed E-state index contributed by atoms with van der Waals surface area (Å²) in [4.78, 5) is 37.6. The van der Waals surface area contributed by atoms with E-state index in [1.807, 2.05) is 0 Å². The molecule has 0 radical (unpaired) electrons. The zero-order valence-electron chi connectivity index (χ0n) is 14.9. The van der Waals surface area contributed by atoms with Crippen LogP contribution in [0.2, 0.25) is 0 Å². The molecule has 142 valence electrons. The molecule has 1 heterocycles. The first-order valence-corrected chi connectivity index (χ1v) is 8.21. The molecule has 3 amide bonds. The maximum atomic E-state index is 12.1. The number of carbonyl (C=O) groups is 3. The molecule has 2 rings (SSSR count). The van der Waals surface area contributed by atoms with Gasteiger partial charge in [-0.25, -0.2) is 0 Å². The number of nitrogens with zero attached hydrogens (tertiary/aromatic N) is 1. The van der Waals surface area contributed by atoms with E-state index in [1.54, 1.807) is 11.0 Å². The van der Waals surface area contributed by atoms with Gasteiger partial charge in [-0.1, -0.05) is 0 Å². The molecule has 0 aromatic heterocycles. The summed E-state index contributed by atoms with van der Waals surface area (Å²) in [5, 5.41) is 0. The van der Waals surface area contributed by atoms with E-state index >= 15 is 0 Å². The van der Waals surface area contributed by atoms with Gasteiger partial charge in [-0.15, -0.1) is 0 Å². The van der Waals surface area contributed by atoms with Crippen LogP contribution in [0, 0.1) is 0 Å². The topological polar surface area (TPSA) is 106 Å². The van der Waals surface area contributed by atoms with E-state index in [0.717, 1.165) is 0 Å². The molecular formula is C17H23N3O6. The van der Waals surface area contributed by atoms with Crippen molar-refractivity contribution >= 4 is 17.7 Å². The van der Waals surface area contributed by atoms with E-state index in [0.29, 0.717) is 37.8 Å². The van der Waals surface area contributed by atoms with Crippen molar-refractivity contribution in [2.24, 2.45) is 0 Å². The van der Waals surface area contributed by atoms with E-state index in [4.69, 9.17) is 14.2 Å². The fourth-order valence-corrected chi connectivity index (χ4v) is 2.39. The molecule has 0 unspecified atom stereocenters. The van der Waals surface area contributed by atoms with Gasteiger partial charge in [0.1, 0.15) is 11.5 Å². The van der Waals surface area contributed by atoms with Gasteiger partial charge in [0.2, 0.25) is 11.8 Å². The van der Waals surface area contributed by atoms with Gasteiger partial charge in [0.15, 0.2) is 0 Å². The molecule has 0 atom stereocenters. The third kappa shape index (κ3) is 5.62. The summed E-state index contributed by atoms with van der Waals surface area (Å²) in [5.41, 5.74) is 4.88. The number of methoxy groups -OCH3 is 2. The van der Waals surface area contributed by atoms with Crippen molar-refractivity contribution in [3.8, 4) is 11.5 Å². The zero-order valence-corrected chi connectivity index (χ0v) is 14.9. The van der Waals surface area contributed by atoms with E-state index < -0.39 is 11.8 Å². The second-order valence-electron chi connectivity index (χ2n) is 5.60. The number of ether oxygens (including phenoxy) is 3. The highest BCUT2D eigenvalue weighted by Gasteiger charge is 2.18. The van der Waals surface area contributed by atoms with Gasteiger partial charge in [-0.05, 0) is 12.1 Å². The van der Waals surface area contributed by atoms with Gasteiger partial charge in [-0.3, -0.25) is 25.2 Å². The van der Waals surface area contributed by atoms with Gasteiger partial charge < -0.3 is 19.1 Å². The van der Waals surface area contributed by atoms with E-state index in [1.165, 1.54) is 26.4 Å². The van der Waals surface area contributed by atoms with Crippen molar-refractivity contribution in [1.82, 2.24) is 15.8 Å². The summed E-state index contributed by atoms with van der Waals surface area (Å²) in [6, 6.07) is 4.67. The number of hydrogen-bond acceptors (Lipinski definition) is 6. The first kappa shape index (κ1) is 19.5. The molecule has 0 saturated carbocycles. The quantitative estimate of drug-likeness (QED) is 0.693. The predicted octanol–water partition coefficient (Wildman–Crippen LogP) is 0.104. The molecular weight excluding hydrogens is 342 g/mol. The molecule has 1 saturated heterocycles. The monoisotopic (exact) mass is 365 g/mol. The van der Waals surface area contributed by atoms with Crippen LogP contribution in [0.4, 0.5) is 0 Å². The molecule has 1 aliphatic rings. The number of amides is 3. The van der Waals surface area contributed by atoms with Crippen LogP contribution in [0.25, 0.3) is 0 Å². The van der Waals surface area contributed by atoms with E-state index in [9.17, 15) is 14.4 Å². The lowest BCUT2D eigenvalue weighted by atomic mass is 10.2. The Labute approximate surface area is 151 Å². The Kier molecular flexibility index (Phi) is 7.22. The summed E-state index contributed by atoms with van der Waals surface area (Å²) in [5.74, 6) is -0.161. The summed E-state index contributed by atoms with van der Waals surface area (Å²) < 4.78 is 15.4. The normalized spacial score (nSPS) is 13.7. The Balaban J connectivity index is 1.79. The van der Waals surface area contributed by atoms with E-state index in [2.05, 4.69) is 10.9 Å². The number of rotatable bonds is 6. The number of carbonyl (C=O) groups excluding carboxylic acids is 3. The predicted molar refractivity (Wildman–Crippen MR) is 91.8 cm³/mol. The fraction of sp³-hybridized carbons (Fsp3) is 0.471. The molecule has 1 fully saturated rings. The largest absolute Gasteiger partial charge is 0.497 e. The van der Waals surface area contributed by atoms with Crippen LogP contribution >= 0.6 is 0 Å². The second kappa shape index (κ2) is 9.62. The molecule has 0 aliphatic carbocycles. The standard InChI is InChI=1S/C17H23N3O6/c1-24-13-9-12(10-14(11-13)25-2)17(23)19-18-15(21)3-4-16(22)20-5-7-26-8-6-20/h9-11H,3-8H2,1-2H3,(H,18,21)(H,19,23). The van der Waals surface area contributed by atoms with Crippen molar-refractivity contribution in [3.05, 3.63) is 23.8 Å². The molecule has 1 aromatic carbocycles. The summed E-state index contributed by atoms with van der Waals surface area (Å²) >= 11 is 0. The van der Waals surface area contributed by atoms with Crippen molar-refractivity contribution in [2.45, 2.75) is 12.8 Å². The average molecular weight is 365 g/mol. The molecule has 1 aliphatic heterocycles. The summed E-state index contributed by atoms with van der Waals surface area (Å²) in [7, 11) is 2.95. The Morgan fingerprint density at radius 2 is 1.62 bits per heavy atom. The first-order valence-electron chi connectivity index (χ1n) is 8.21. The Hall–Kier alpha value is -2.81. The minimum absolute atomic E-state index is 0.0160. The van der Waals surface area contributed by atoms with Crippen molar-refractivity contribution in [1.29, 1.82) is 0 Å². The van der Waals surface area contributed by atoms with Gasteiger partial charge >= 0.3 is 0 Å². The molecule has 2 N–H and O–H groups in total. The lowest BCUT2D eigenvalue weighted by molar-refractivity contribution is -0.137. The van der Waals surface area contributed by atoms with E-state index in [-0.39, 0.29) is 24.3 Å². The number of nitrogens with one attached hydrogen (secondary N) is 2. The van der Waals surface area contributed by atoms with Crippen molar-refractivity contribution < 1.29 is 28.6 Å². The highest BCUT2D eigenvalue weighted by Crippen LogP contribution is 2.22. The van der Waals surface area contributed by atoms with Crippen LogP contribution in [0.3, 0.4) is 0 Å². The third-order valence-electron chi connectivity index (χ3n) is 3.86. The SMILES string of the molecule is COc1cc(OC)cc(C(=O)NNC(=O)CCC(=O)N2CCOCC2)c1. The van der Waals surface area contributed by atoms with Crippen LogP contribution in [-0.2, 0) is 14.3 Å². The zero-order chi connectivity index (χ0) is 18.9. The Bertz CT molecular complexity index is 636. The third-order valence-corrected chi connectivity index (χ3v) is 3.86. The number of hydrogen-bond donors (Lipinski definition) is 2. The van der Waals surface area contributed by atoms with Crippen molar-refractivity contribution in [3.63, 3.8) is 0 Å². The second-order valence-corrected chi connectivity index (χ2v) is 5.60. The van der Waals surface area contributed by atoms with Gasteiger partial charge in [0, 0.05) is 37.6 Å². The number of hydrazine groups is 1. The van der Waals surface area contributed by atoms with Crippen LogP contribution in [0.5, 0.6) is 11.5 Å². The van der Waals surface area contributed by atoms with Gasteiger partial charge in [-0.2, -0.15) is 0 Å². The van der Waals surface area contributed by atoms with Crippen LogP contribution in [0.15, 0.2) is 18.2 Å². The highest BCUT2D eigenvalue weighted by molar-refractivity contribution is 5.96. The smallest absolute Gasteiger partial charge is 0.269 e. The first-order chi connectivity index (χ1) is 12.5. The fourth-order valence-electron chi connectivity index (χ4n) is 2.39. The molecule has 0 bridgehead atoms. The maximum Gasteiger partial charge on any atom is 0.269 e. The maximum absolute atomic E-state index is 12.1. The number of morpholine rings is 1. The van der Waals surface area contributed by atoms with Crippen LogP contribution in [0.1, 0.15) is 23.2 Å². The van der Waals surface area contributed by atoms with Crippen LogP contribution < -0.4 is 20.3 Å².